The minimum atomic E-state index is -0.582. The summed E-state index contributed by atoms with van der Waals surface area (Å²) >= 11 is 0. The molecule has 0 aromatic heterocycles. The highest BCUT2D eigenvalue weighted by molar-refractivity contribution is 5.45. The molecule has 0 fully saturated rings. The highest BCUT2D eigenvalue weighted by Gasteiger charge is 2.10. The summed E-state index contributed by atoms with van der Waals surface area (Å²) in [5.74, 6) is 1.86. The molecule has 2 aromatic rings. The molecule has 0 saturated carbocycles. The van der Waals surface area contributed by atoms with Crippen molar-refractivity contribution in [3.05, 3.63) is 54.1 Å². The lowest BCUT2D eigenvalue weighted by Crippen LogP contribution is -2.35. The number of ether oxygens (including phenoxy) is 3. The first-order valence-corrected chi connectivity index (χ1v) is 8.47. The van der Waals surface area contributed by atoms with Crippen molar-refractivity contribution in [1.82, 2.24) is 5.32 Å². The maximum absolute atomic E-state index is 9.93. The van der Waals surface area contributed by atoms with Crippen molar-refractivity contribution >= 4 is 0 Å². The third-order valence-electron chi connectivity index (χ3n) is 3.58. The average Bonchev–Trinajstić information content (AvgIpc) is 2.64. The van der Waals surface area contributed by atoms with Gasteiger partial charge in [0.25, 0.3) is 0 Å². The second-order valence-electron chi connectivity index (χ2n) is 6.11. The third-order valence-corrected chi connectivity index (χ3v) is 3.58. The molecule has 0 radical (unpaired) electrons. The third kappa shape index (κ3) is 6.64. The number of aliphatic hydroxyl groups excluding tert-OH is 1. The molecule has 0 saturated heterocycles. The van der Waals surface area contributed by atoms with Crippen LogP contribution in [0.5, 0.6) is 17.2 Å². The fourth-order valence-electron chi connectivity index (χ4n) is 2.21. The normalized spacial score (nSPS) is 12.0. The van der Waals surface area contributed by atoms with Crippen LogP contribution in [0.1, 0.15) is 19.4 Å². The van der Waals surface area contributed by atoms with Gasteiger partial charge in [-0.3, -0.25) is 0 Å². The molecule has 5 nitrogen and oxygen atoms in total. The zero-order valence-corrected chi connectivity index (χ0v) is 15.1. The van der Waals surface area contributed by atoms with Crippen molar-refractivity contribution in [2.24, 2.45) is 0 Å². The van der Waals surface area contributed by atoms with Gasteiger partial charge in [-0.05, 0) is 17.7 Å². The van der Waals surface area contributed by atoms with Crippen LogP contribution in [0.4, 0.5) is 0 Å². The van der Waals surface area contributed by atoms with E-state index in [2.05, 4.69) is 5.32 Å². The summed E-state index contributed by atoms with van der Waals surface area (Å²) in [4.78, 5) is 0. The summed E-state index contributed by atoms with van der Waals surface area (Å²) < 4.78 is 16.8. The zero-order chi connectivity index (χ0) is 18.1. The lowest BCUT2D eigenvalue weighted by atomic mass is 10.2. The van der Waals surface area contributed by atoms with Crippen molar-refractivity contribution in [3.8, 4) is 17.2 Å². The van der Waals surface area contributed by atoms with Gasteiger partial charge in [-0.1, -0.05) is 44.2 Å². The van der Waals surface area contributed by atoms with Crippen molar-refractivity contribution in [2.45, 2.75) is 32.6 Å². The Hall–Kier alpha value is -2.24. The van der Waals surface area contributed by atoms with Gasteiger partial charge in [-0.25, -0.2) is 0 Å². The summed E-state index contributed by atoms with van der Waals surface area (Å²) in [6.45, 7) is 5.23. The Morgan fingerprint density at radius 3 is 2.44 bits per heavy atom. The first-order valence-electron chi connectivity index (χ1n) is 8.47. The topological polar surface area (TPSA) is 60.0 Å². The van der Waals surface area contributed by atoms with Gasteiger partial charge in [0.15, 0.2) is 11.5 Å². The molecule has 0 aliphatic carbocycles. The number of benzene rings is 2. The summed E-state index contributed by atoms with van der Waals surface area (Å²) in [5.41, 5.74) is 1.10. The molecule has 0 heterocycles. The van der Waals surface area contributed by atoms with Gasteiger partial charge in [-0.2, -0.15) is 0 Å². The standard InChI is InChI=1S/C20H27NO4/c1-15(2)21-12-17(22)14-25-19-10-9-18(11-20(19)23-3)24-13-16-7-5-4-6-8-16/h4-11,15,17,21-22H,12-14H2,1-3H3. The molecule has 136 valence electrons. The maximum atomic E-state index is 9.93. The number of hydrogen-bond acceptors (Lipinski definition) is 5. The van der Waals surface area contributed by atoms with Crippen LogP contribution in [-0.2, 0) is 6.61 Å². The van der Waals surface area contributed by atoms with Crippen molar-refractivity contribution in [1.29, 1.82) is 0 Å². The zero-order valence-electron chi connectivity index (χ0n) is 15.1. The van der Waals surface area contributed by atoms with E-state index in [-0.39, 0.29) is 6.61 Å². The first-order chi connectivity index (χ1) is 12.1. The van der Waals surface area contributed by atoms with Crippen LogP contribution < -0.4 is 19.5 Å². The second kappa shape index (κ2) is 9.91. The highest BCUT2D eigenvalue weighted by Crippen LogP contribution is 2.31. The van der Waals surface area contributed by atoms with Crippen LogP contribution in [0, 0.1) is 0 Å². The van der Waals surface area contributed by atoms with Crippen LogP contribution >= 0.6 is 0 Å². The van der Waals surface area contributed by atoms with Crippen molar-refractivity contribution < 1.29 is 19.3 Å². The molecule has 2 aromatic carbocycles. The molecule has 2 rings (SSSR count). The molecular formula is C20H27NO4. The molecular weight excluding hydrogens is 318 g/mol. The van der Waals surface area contributed by atoms with E-state index >= 15 is 0 Å². The van der Waals surface area contributed by atoms with E-state index in [1.165, 1.54) is 0 Å². The lowest BCUT2D eigenvalue weighted by Gasteiger charge is -2.17. The number of hydrogen-bond donors (Lipinski definition) is 2. The highest BCUT2D eigenvalue weighted by atomic mass is 16.5. The second-order valence-corrected chi connectivity index (χ2v) is 6.11. The predicted molar refractivity (Wildman–Crippen MR) is 98.4 cm³/mol. The van der Waals surface area contributed by atoms with E-state index in [1.54, 1.807) is 19.2 Å². The van der Waals surface area contributed by atoms with Crippen molar-refractivity contribution in [2.75, 3.05) is 20.3 Å². The van der Waals surface area contributed by atoms with Gasteiger partial charge in [0, 0.05) is 18.7 Å². The fraction of sp³-hybridized carbons (Fsp3) is 0.400. The van der Waals surface area contributed by atoms with Crippen LogP contribution in [-0.4, -0.2) is 37.5 Å². The van der Waals surface area contributed by atoms with Gasteiger partial charge in [0.05, 0.1) is 7.11 Å². The Labute approximate surface area is 149 Å². The van der Waals surface area contributed by atoms with Gasteiger partial charge in [-0.15, -0.1) is 0 Å². The van der Waals surface area contributed by atoms with E-state index < -0.39 is 6.10 Å². The Kier molecular flexibility index (Phi) is 7.57. The van der Waals surface area contributed by atoms with Gasteiger partial charge in [0.2, 0.25) is 0 Å². The molecule has 5 heteroatoms. The first kappa shape index (κ1) is 19.1. The van der Waals surface area contributed by atoms with Crippen LogP contribution in [0.25, 0.3) is 0 Å². The fourth-order valence-corrected chi connectivity index (χ4v) is 2.21. The van der Waals surface area contributed by atoms with E-state index in [1.807, 2.05) is 50.2 Å². The minimum Gasteiger partial charge on any atom is -0.493 e. The number of rotatable bonds is 10. The number of nitrogens with one attached hydrogen (secondary N) is 1. The Balaban J connectivity index is 1.89. The molecule has 0 aliphatic heterocycles. The largest absolute Gasteiger partial charge is 0.493 e. The van der Waals surface area contributed by atoms with E-state index in [9.17, 15) is 5.11 Å². The Bertz CT molecular complexity index is 631. The Morgan fingerprint density at radius 2 is 1.76 bits per heavy atom. The summed E-state index contributed by atoms with van der Waals surface area (Å²) in [5, 5.41) is 13.1. The SMILES string of the molecule is COc1cc(OCc2ccccc2)ccc1OCC(O)CNC(C)C. The molecule has 0 amide bonds. The molecule has 0 spiro atoms. The summed E-state index contributed by atoms with van der Waals surface area (Å²) in [6, 6.07) is 15.7. The van der Waals surface area contributed by atoms with Gasteiger partial charge in [0.1, 0.15) is 25.1 Å². The van der Waals surface area contributed by atoms with Crippen LogP contribution in [0.3, 0.4) is 0 Å². The molecule has 1 atom stereocenters. The summed E-state index contributed by atoms with van der Waals surface area (Å²) in [6.07, 6.45) is -0.582. The quantitative estimate of drug-likeness (QED) is 0.693. The molecule has 0 bridgehead atoms. The Morgan fingerprint density at radius 1 is 1.00 bits per heavy atom. The maximum Gasteiger partial charge on any atom is 0.164 e. The number of methoxy groups -OCH3 is 1. The van der Waals surface area contributed by atoms with Gasteiger partial charge < -0.3 is 24.6 Å². The monoisotopic (exact) mass is 345 g/mol. The molecule has 0 aliphatic rings. The van der Waals surface area contributed by atoms with Crippen molar-refractivity contribution in [3.63, 3.8) is 0 Å². The van der Waals surface area contributed by atoms with E-state index in [0.29, 0.717) is 36.4 Å². The number of aliphatic hydroxyl groups is 1. The molecule has 25 heavy (non-hydrogen) atoms. The van der Waals surface area contributed by atoms with Crippen LogP contribution in [0.2, 0.25) is 0 Å². The molecule has 1 unspecified atom stereocenters. The van der Waals surface area contributed by atoms with E-state index in [4.69, 9.17) is 14.2 Å². The van der Waals surface area contributed by atoms with Crippen LogP contribution in [0.15, 0.2) is 48.5 Å². The average molecular weight is 345 g/mol. The van der Waals surface area contributed by atoms with Gasteiger partial charge >= 0.3 is 0 Å². The smallest absolute Gasteiger partial charge is 0.164 e. The minimum absolute atomic E-state index is 0.195. The summed E-state index contributed by atoms with van der Waals surface area (Å²) in [7, 11) is 1.58. The predicted octanol–water partition coefficient (Wildman–Crippen LogP) is 3.01. The lowest BCUT2D eigenvalue weighted by molar-refractivity contribution is 0.103. The van der Waals surface area contributed by atoms with E-state index in [0.717, 1.165) is 5.56 Å². The molecule has 2 N–H and O–H groups in total.